The van der Waals surface area contributed by atoms with E-state index in [1.807, 2.05) is 0 Å². The number of aliphatic carboxylic acids is 2. The first-order valence-electron chi connectivity index (χ1n) is 7.25. The summed E-state index contributed by atoms with van der Waals surface area (Å²) in [5, 5.41) is 22.2. The second-order valence-electron chi connectivity index (χ2n) is 6.31. The molecule has 0 heterocycles. The van der Waals surface area contributed by atoms with Gasteiger partial charge >= 0.3 is 11.9 Å². The normalized spacial score (nSPS) is 37.1. The van der Waals surface area contributed by atoms with Gasteiger partial charge in [-0.15, -0.1) is 0 Å². The maximum atomic E-state index is 14.4. The van der Waals surface area contributed by atoms with Gasteiger partial charge in [-0.25, -0.2) is 9.18 Å². The van der Waals surface area contributed by atoms with Crippen molar-refractivity contribution < 1.29 is 24.2 Å². The second-order valence-corrected chi connectivity index (χ2v) is 7.13. The fourth-order valence-corrected chi connectivity index (χ4v) is 4.12. The Morgan fingerprint density at radius 3 is 2.50 bits per heavy atom. The predicted molar refractivity (Wildman–Crippen MR) is 84.7 cm³/mol. The monoisotopic (exact) mass is 376 g/mol. The summed E-state index contributed by atoms with van der Waals surface area (Å²) >= 11 is 11.8. The molecule has 2 aliphatic carbocycles. The van der Waals surface area contributed by atoms with Crippen LogP contribution in [0.5, 0.6) is 0 Å². The van der Waals surface area contributed by atoms with Crippen LogP contribution in [0.1, 0.15) is 12.0 Å². The number of nitrogens with two attached hydrogens (primary N) is 1. The van der Waals surface area contributed by atoms with E-state index in [-0.39, 0.29) is 13.0 Å². The molecule has 1 aromatic rings. The van der Waals surface area contributed by atoms with Gasteiger partial charge in [0.25, 0.3) is 0 Å². The number of halogens is 3. The quantitative estimate of drug-likeness (QED) is 0.621. The molecule has 5 N–H and O–H groups in total. The van der Waals surface area contributed by atoms with Crippen LogP contribution >= 0.6 is 23.2 Å². The van der Waals surface area contributed by atoms with Crippen molar-refractivity contribution in [2.75, 3.05) is 0 Å². The third-order valence-corrected chi connectivity index (χ3v) is 5.84. The van der Waals surface area contributed by atoms with Crippen molar-refractivity contribution >= 4 is 35.1 Å². The van der Waals surface area contributed by atoms with E-state index < -0.39 is 41.0 Å². The Hall–Kier alpha value is -1.41. The molecule has 2 fully saturated rings. The maximum Gasteiger partial charge on any atom is 0.342 e. The molecular formula is C15H15Cl2FN2O4. The Labute approximate surface area is 146 Å². The standard InChI is InChI=1S/C15H15Cl2FN2O4/c16-8-2-1-6(3-9(8)17)5-20-10-4-7-11(14(7,18)12(21)22)15(10,19)13(23)24/h1-3,7,10-11,20H,4-5,19H2,(H,21,22)(H,23,24)/t7?,10-,11+,14-,15+/m1/s1. The molecule has 2 saturated carbocycles. The van der Waals surface area contributed by atoms with Gasteiger partial charge in [0.05, 0.1) is 10.0 Å². The van der Waals surface area contributed by atoms with Crippen molar-refractivity contribution in [3.8, 4) is 0 Å². The molecule has 2 aliphatic rings. The second kappa shape index (κ2) is 5.56. The van der Waals surface area contributed by atoms with Crippen molar-refractivity contribution in [2.45, 2.75) is 30.2 Å². The Kier molecular flexibility index (Phi) is 4.03. The van der Waals surface area contributed by atoms with E-state index in [1.165, 1.54) is 0 Å². The summed E-state index contributed by atoms with van der Waals surface area (Å²) in [4.78, 5) is 22.7. The molecule has 1 unspecified atom stereocenters. The van der Waals surface area contributed by atoms with Crippen molar-refractivity contribution in [2.24, 2.45) is 17.6 Å². The molecule has 3 rings (SSSR count). The molecule has 0 bridgehead atoms. The van der Waals surface area contributed by atoms with Gasteiger partial charge in [-0.2, -0.15) is 0 Å². The first kappa shape index (κ1) is 17.4. The fraction of sp³-hybridized carbons (Fsp3) is 0.467. The average Bonchev–Trinajstić information content (AvgIpc) is 2.98. The minimum absolute atomic E-state index is 0.0393. The van der Waals surface area contributed by atoms with Crippen LogP contribution in [0.3, 0.4) is 0 Å². The van der Waals surface area contributed by atoms with Crippen molar-refractivity contribution in [3.63, 3.8) is 0 Å². The van der Waals surface area contributed by atoms with E-state index >= 15 is 0 Å². The van der Waals surface area contributed by atoms with E-state index in [4.69, 9.17) is 34.0 Å². The summed E-state index contributed by atoms with van der Waals surface area (Å²) in [6, 6.07) is 4.20. The van der Waals surface area contributed by atoms with Gasteiger partial charge in [0.2, 0.25) is 5.67 Å². The smallest absolute Gasteiger partial charge is 0.342 e. The summed E-state index contributed by atoms with van der Waals surface area (Å²) in [5.74, 6) is -5.22. The Bertz CT molecular complexity index is 733. The Morgan fingerprint density at radius 1 is 1.29 bits per heavy atom. The number of nitrogens with one attached hydrogen (secondary N) is 1. The molecule has 9 heteroatoms. The zero-order chi connectivity index (χ0) is 17.9. The highest BCUT2D eigenvalue weighted by atomic mass is 35.5. The SMILES string of the molecule is N[C@]1(C(=O)O)[C@H]2C(C[C@H]1NCc1ccc(Cl)c(Cl)c1)[C@]2(F)C(=O)O. The summed E-state index contributed by atoms with van der Waals surface area (Å²) < 4.78 is 14.4. The van der Waals surface area contributed by atoms with Crippen molar-refractivity contribution in [3.05, 3.63) is 33.8 Å². The van der Waals surface area contributed by atoms with Crippen LogP contribution in [-0.2, 0) is 16.1 Å². The van der Waals surface area contributed by atoms with E-state index in [0.29, 0.717) is 10.0 Å². The predicted octanol–water partition coefficient (Wildman–Crippen LogP) is 1.68. The fourth-order valence-electron chi connectivity index (χ4n) is 3.80. The molecular weight excluding hydrogens is 362 g/mol. The minimum atomic E-state index is -2.56. The number of carboxylic acid groups (broad SMARTS) is 2. The van der Waals surface area contributed by atoms with Gasteiger partial charge in [-0.05, 0) is 24.1 Å². The maximum absolute atomic E-state index is 14.4. The van der Waals surface area contributed by atoms with Crippen molar-refractivity contribution in [1.82, 2.24) is 5.32 Å². The summed E-state index contributed by atoms with van der Waals surface area (Å²) in [5.41, 5.74) is 2.16. The molecule has 130 valence electrons. The van der Waals surface area contributed by atoms with Crippen LogP contribution in [0.25, 0.3) is 0 Å². The highest BCUT2D eigenvalue weighted by Gasteiger charge is 2.84. The van der Waals surface area contributed by atoms with Crippen LogP contribution in [0.15, 0.2) is 18.2 Å². The van der Waals surface area contributed by atoms with Crippen LogP contribution in [0.4, 0.5) is 4.39 Å². The summed E-state index contributed by atoms with van der Waals surface area (Å²) in [7, 11) is 0. The zero-order valence-corrected chi connectivity index (χ0v) is 13.8. The van der Waals surface area contributed by atoms with Crippen LogP contribution in [-0.4, -0.2) is 39.4 Å². The largest absolute Gasteiger partial charge is 0.480 e. The van der Waals surface area contributed by atoms with E-state index in [1.54, 1.807) is 18.2 Å². The minimum Gasteiger partial charge on any atom is -0.480 e. The molecule has 0 saturated heterocycles. The topological polar surface area (TPSA) is 113 Å². The van der Waals surface area contributed by atoms with Gasteiger partial charge in [0.15, 0.2) is 0 Å². The number of fused-ring (bicyclic) bond motifs is 1. The van der Waals surface area contributed by atoms with Crippen LogP contribution < -0.4 is 11.1 Å². The molecule has 5 atom stereocenters. The Balaban J connectivity index is 1.76. The van der Waals surface area contributed by atoms with E-state index in [9.17, 15) is 19.1 Å². The number of hydrogen-bond acceptors (Lipinski definition) is 4. The number of rotatable bonds is 5. The van der Waals surface area contributed by atoms with Crippen LogP contribution in [0, 0.1) is 11.8 Å². The lowest BCUT2D eigenvalue weighted by atomic mass is 9.86. The lowest BCUT2D eigenvalue weighted by Gasteiger charge is -2.32. The van der Waals surface area contributed by atoms with E-state index in [2.05, 4.69) is 5.32 Å². The van der Waals surface area contributed by atoms with Crippen molar-refractivity contribution in [1.29, 1.82) is 0 Å². The van der Waals surface area contributed by atoms with E-state index in [0.717, 1.165) is 5.56 Å². The number of carboxylic acids is 2. The number of benzene rings is 1. The number of alkyl halides is 1. The third kappa shape index (κ3) is 2.30. The van der Waals surface area contributed by atoms with Gasteiger partial charge in [0.1, 0.15) is 5.54 Å². The highest BCUT2D eigenvalue weighted by Crippen LogP contribution is 2.66. The molecule has 6 nitrogen and oxygen atoms in total. The molecule has 0 amide bonds. The van der Waals surface area contributed by atoms with Gasteiger partial charge in [0, 0.05) is 24.4 Å². The van der Waals surface area contributed by atoms with Crippen LogP contribution in [0.2, 0.25) is 10.0 Å². The molecule has 0 radical (unpaired) electrons. The number of carbonyl (C=O) groups is 2. The van der Waals surface area contributed by atoms with Gasteiger partial charge < -0.3 is 21.3 Å². The van der Waals surface area contributed by atoms with Gasteiger partial charge in [-0.3, -0.25) is 4.79 Å². The summed E-state index contributed by atoms with van der Waals surface area (Å²) in [6.07, 6.45) is 0.0393. The molecule has 0 aromatic heterocycles. The highest BCUT2D eigenvalue weighted by molar-refractivity contribution is 6.42. The molecule has 0 spiro atoms. The first-order chi connectivity index (χ1) is 11.1. The zero-order valence-electron chi connectivity index (χ0n) is 12.3. The molecule has 0 aliphatic heterocycles. The molecule has 24 heavy (non-hydrogen) atoms. The van der Waals surface area contributed by atoms with Gasteiger partial charge in [-0.1, -0.05) is 29.3 Å². The summed E-state index contributed by atoms with van der Waals surface area (Å²) in [6.45, 7) is 0.250. The average molecular weight is 377 g/mol. The molecule has 1 aromatic carbocycles. The Morgan fingerprint density at radius 2 is 1.96 bits per heavy atom. The lowest BCUT2D eigenvalue weighted by Crippen LogP contribution is -2.63. The lowest BCUT2D eigenvalue weighted by molar-refractivity contribution is -0.150. The number of hydrogen-bond donors (Lipinski definition) is 4. The first-order valence-corrected chi connectivity index (χ1v) is 8.01. The third-order valence-electron chi connectivity index (χ3n) is 5.10.